The molecular formula is C16H25NO. The quantitative estimate of drug-likeness (QED) is 0.798. The largest absolute Gasteiger partial charge is 0.376 e. The minimum absolute atomic E-state index is 0.682. The van der Waals surface area contributed by atoms with Gasteiger partial charge in [0.15, 0.2) is 0 Å². The van der Waals surface area contributed by atoms with Crippen molar-refractivity contribution in [3.63, 3.8) is 0 Å². The predicted molar refractivity (Wildman–Crippen MR) is 75.5 cm³/mol. The van der Waals surface area contributed by atoms with Gasteiger partial charge in [0.2, 0.25) is 0 Å². The summed E-state index contributed by atoms with van der Waals surface area (Å²) in [6, 6.07) is 10.4. The lowest BCUT2D eigenvalue weighted by Crippen LogP contribution is -2.28. The van der Waals surface area contributed by atoms with E-state index in [2.05, 4.69) is 29.6 Å². The van der Waals surface area contributed by atoms with Crippen LogP contribution < -0.4 is 5.32 Å². The molecule has 18 heavy (non-hydrogen) atoms. The Bertz CT molecular complexity index is 319. The number of benzene rings is 1. The highest BCUT2D eigenvalue weighted by Crippen LogP contribution is 2.31. The molecule has 100 valence electrons. The lowest BCUT2D eigenvalue weighted by molar-refractivity contribution is 0.0669. The van der Waals surface area contributed by atoms with Crippen molar-refractivity contribution in [2.75, 3.05) is 20.2 Å². The zero-order valence-corrected chi connectivity index (χ0v) is 11.4. The summed E-state index contributed by atoms with van der Waals surface area (Å²) in [7, 11) is 2.04. The van der Waals surface area contributed by atoms with E-state index in [-0.39, 0.29) is 0 Å². The maximum Gasteiger partial charge on any atom is 0.0717 e. The fourth-order valence-electron chi connectivity index (χ4n) is 2.96. The van der Waals surface area contributed by atoms with Crippen LogP contribution >= 0.6 is 0 Å². The summed E-state index contributed by atoms with van der Waals surface area (Å²) in [5.74, 6) is 1.55. The molecule has 0 bridgehead atoms. The molecule has 0 saturated heterocycles. The Morgan fingerprint density at radius 3 is 2.61 bits per heavy atom. The van der Waals surface area contributed by atoms with Gasteiger partial charge in [0.05, 0.1) is 13.2 Å². The van der Waals surface area contributed by atoms with Crippen LogP contribution in [-0.2, 0) is 11.3 Å². The molecule has 0 spiro atoms. The van der Waals surface area contributed by atoms with E-state index in [0.29, 0.717) is 5.92 Å². The Kier molecular flexibility index (Phi) is 5.69. The second-order valence-electron chi connectivity index (χ2n) is 5.36. The molecule has 1 saturated carbocycles. The predicted octanol–water partition coefficient (Wildman–Crippen LogP) is 3.23. The number of hydrogen-bond donors (Lipinski definition) is 1. The Hall–Kier alpha value is -0.860. The number of nitrogens with one attached hydrogen (secondary N) is 1. The van der Waals surface area contributed by atoms with Crippen LogP contribution in [0.25, 0.3) is 0 Å². The maximum atomic E-state index is 5.91. The first-order valence-corrected chi connectivity index (χ1v) is 7.16. The molecule has 1 aliphatic rings. The van der Waals surface area contributed by atoms with E-state index in [4.69, 9.17) is 4.74 Å². The second-order valence-corrected chi connectivity index (χ2v) is 5.36. The van der Waals surface area contributed by atoms with Gasteiger partial charge in [-0.05, 0) is 24.4 Å². The highest BCUT2D eigenvalue weighted by Gasteiger charge is 2.24. The minimum atomic E-state index is 0.682. The third-order valence-electron chi connectivity index (χ3n) is 3.98. The van der Waals surface area contributed by atoms with Gasteiger partial charge < -0.3 is 10.1 Å². The normalized spacial score (nSPS) is 18.1. The monoisotopic (exact) mass is 247 g/mol. The van der Waals surface area contributed by atoms with Crippen molar-refractivity contribution in [3.05, 3.63) is 35.9 Å². The zero-order chi connectivity index (χ0) is 12.6. The van der Waals surface area contributed by atoms with Crippen molar-refractivity contribution in [1.29, 1.82) is 0 Å². The van der Waals surface area contributed by atoms with E-state index in [1.165, 1.54) is 31.2 Å². The topological polar surface area (TPSA) is 21.3 Å². The van der Waals surface area contributed by atoms with Crippen LogP contribution in [0.4, 0.5) is 0 Å². The average Bonchev–Trinajstić information content (AvgIpc) is 2.93. The Morgan fingerprint density at radius 2 is 1.94 bits per heavy atom. The summed E-state index contributed by atoms with van der Waals surface area (Å²) >= 11 is 0. The summed E-state index contributed by atoms with van der Waals surface area (Å²) in [4.78, 5) is 0. The molecule has 2 nitrogen and oxygen atoms in total. The van der Waals surface area contributed by atoms with E-state index in [0.717, 1.165) is 25.7 Å². The van der Waals surface area contributed by atoms with Gasteiger partial charge >= 0.3 is 0 Å². The lowest BCUT2D eigenvalue weighted by atomic mass is 9.91. The molecule has 2 rings (SSSR count). The van der Waals surface area contributed by atoms with Crippen LogP contribution in [0.2, 0.25) is 0 Å². The van der Waals surface area contributed by atoms with Gasteiger partial charge in [-0.15, -0.1) is 0 Å². The molecule has 0 radical (unpaired) electrons. The number of ether oxygens (including phenoxy) is 1. The zero-order valence-electron chi connectivity index (χ0n) is 11.4. The fourth-order valence-corrected chi connectivity index (χ4v) is 2.96. The van der Waals surface area contributed by atoms with E-state index < -0.39 is 0 Å². The lowest BCUT2D eigenvalue weighted by Gasteiger charge is -2.23. The molecule has 2 heteroatoms. The van der Waals surface area contributed by atoms with Crippen LogP contribution in [0.1, 0.15) is 31.2 Å². The molecule has 0 aromatic heterocycles. The molecule has 0 amide bonds. The van der Waals surface area contributed by atoms with Crippen LogP contribution in [0.5, 0.6) is 0 Å². The molecule has 0 aliphatic heterocycles. The standard InChI is InChI=1S/C16H25NO/c1-17-11-16(15-9-5-6-10-15)13-18-12-14-7-3-2-4-8-14/h2-4,7-8,15-17H,5-6,9-13H2,1H3. The number of rotatable bonds is 7. The van der Waals surface area contributed by atoms with E-state index >= 15 is 0 Å². The van der Waals surface area contributed by atoms with Gasteiger partial charge in [-0.3, -0.25) is 0 Å². The van der Waals surface area contributed by atoms with Crippen molar-refractivity contribution in [1.82, 2.24) is 5.32 Å². The van der Waals surface area contributed by atoms with Gasteiger partial charge in [0.25, 0.3) is 0 Å². The minimum Gasteiger partial charge on any atom is -0.376 e. The van der Waals surface area contributed by atoms with Crippen molar-refractivity contribution in [3.8, 4) is 0 Å². The molecule has 1 aromatic carbocycles. The van der Waals surface area contributed by atoms with E-state index in [9.17, 15) is 0 Å². The Balaban J connectivity index is 1.75. The van der Waals surface area contributed by atoms with Crippen LogP contribution in [0.15, 0.2) is 30.3 Å². The smallest absolute Gasteiger partial charge is 0.0717 e. The molecular weight excluding hydrogens is 222 g/mol. The average molecular weight is 247 g/mol. The second kappa shape index (κ2) is 7.55. The van der Waals surface area contributed by atoms with Gasteiger partial charge in [0.1, 0.15) is 0 Å². The Morgan fingerprint density at radius 1 is 1.22 bits per heavy atom. The molecule has 1 atom stereocenters. The first-order chi connectivity index (χ1) is 8.90. The third kappa shape index (κ3) is 4.11. The van der Waals surface area contributed by atoms with Gasteiger partial charge in [0, 0.05) is 6.54 Å². The third-order valence-corrected chi connectivity index (χ3v) is 3.98. The van der Waals surface area contributed by atoms with Gasteiger partial charge in [-0.2, -0.15) is 0 Å². The molecule has 1 fully saturated rings. The van der Waals surface area contributed by atoms with Crippen molar-refractivity contribution in [2.45, 2.75) is 32.3 Å². The summed E-state index contributed by atoms with van der Waals surface area (Å²) in [6.07, 6.45) is 5.59. The molecule has 1 unspecified atom stereocenters. The molecule has 1 aromatic rings. The summed E-state index contributed by atoms with van der Waals surface area (Å²) < 4.78 is 5.91. The van der Waals surface area contributed by atoms with Crippen molar-refractivity contribution in [2.24, 2.45) is 11.8 Å². The maximum absolute atomic E-state index is 5.91. The molecule has 1 N–H and O–H groups in total. The van der Waals surface area contributed by atoms with Gasteiger partial charge in [-0.1, -0.05) is 56.0 Å². The van der Waals surface area contributed by atoms with E-state index in [1.54, 1.807) is 0 Å². The highest BCUT2D eigenvalue weighted by molar-refractivity contribution is 5.13. The first kappa shape index (κ1) is 13.6. The molecule has 0 heterocycles. The SMILES string of the molecule is CNCC(COCc1ccccc1)C1CCCC1. The molecule has 1 aliphatic carbocycles. The van der Waals surface area contributed by atoms with Gasteiger partial charge in [-0.25, -0.2) is 0 Å². The summed E-state index contributed by atoms with van der Waals surface area (Å²) in [5, 5.41) is 3.31. The number of hydrogen-bond acceptors (Lipinski definition) is 2. The Labute approximate surface area is 111 Å². The van der Waals surface area contributed by atoms with Crippen LogP contribution in [0.3, 0.4) is 0 Å². The van der Waals surface area contributed by atoms with E-state index in [1.807, 2.05) is 13.1 Å². The first-order valence-electron chi connectivity index (χ1n) is 7.16. The van der Waals surface area contributed by atoms with Crippen LogP contribution in [-0.4, -0.2) is 20.2 Å². The summed E-state index contributed by atoms with van der Waals surface area (Å²) in [5.41, 5.74) is 1.27. The summed E-state index contributed by atoms with van der Waals surface area (Å²) in [6.45, 7) is 2.72. The van der Waals surface area contributed by atoms with Crippen molar-refractivity contribution < 1.29 is 4.74 Å². The van der Waals surface area contributed by atoms with Crippen LogP contribution in [0, 0.1) is 11.8 Å². The fraction of sp³-hybridized carbons (Fsp3) is 0.625. The highest BCUT2D eigenvalue weighted by atomic mass is 16.5. The van der Waals surface area contributed by atoms with Crippen molar-refractivity contribution >= 4 is 0 Å².